The van der Waals surface area contributed by atoms with Gasteiger partial charge in [0.2, 0.25) is 0 Å². The fourth-order valence-corrected chi connectivity index (χ4v) is 8.41. The van der Waals surface area contributed by atoms with Gasteiger partial charge in [0.05, 0.1) is 16.8 Å². The molecule has 0 fully saturated rings. The highest BCUT2D eigenvalue weighted by Gasteiger charge is 2.46. The molecule has 1 aliphatic carbocycles. The topological polar surface area (TPSA) is 38.7 Å². The van der Waals surface area contributed by atoms with E-state index in [4.69, 9.17) is 9.97 Å². The fraction of sp³-hybridized carbons (Fsp3) is 0.0192. The second-order valence-corrected chi connectivity index (χ2v) is 14.0. The molecular formula is C52H35N3. The predicted octanol–water partition coefficient (Wildman–Crippen LogP) is 12.6. The first-order valence-corrected chi connectivity index (χ1v) is 18.7. The van der Waals surface area contributed by atoms with Gasteiger partial charge in [0, 0.05) is 29.1 Å². The highest BCUT2D eigenvalue weighted by Crippen LogP contribution is 2.58. The van der Waals surface area contributed by atoms with E-state index in [1.54, 1.807) is 6.20 Å². The summed E-state index contributed by atoms with van der Waals surface area (Å²) in [6.45, 7) is 0. The highest BCUT2D eigenvalue weighted by molar-refractivity contribution is 5.95. The van der Waals surface area contributed by atoms with Crippen LogP contribution in [0.2, 0.25) is 0 Å². The zero-order chi connectivity index (χ0) is 36.6. The van der Waals surface area contributed by atoms with Gasteiger partial charge in [-0.05, 0) is 79.9 Å². The molecule has 9 aromatic rings. The van der Waals surface area contributed by atoms with Crippen molar-refractivity contribution in [3.63, 3.8) is 0 Å². The van der Waals surface area contributed by atoms with Crippen LogP contribution < -0.4 is 0 Å². The van der Waals surface area contributed by atoms with Gasteiger partial charge in [-0.2, -0.15) is 0 Å². The van der Waals surface area contributed by atoms with Crippen molar-refractivity contribution in [2.45, 2.75) is 5.41 Å². The average molecular weight is 702 g/mol. The number of hydrogen-bond donors (Lipinski definition) is 0. The molecule has 0 N–H and O–H groups in total. The van der Waals surface area contributed by atoms with E-state index in [1.807, 2.05) is 24.4 Å². The van der Waals surface area contributed by atoms with Gasteiger partial charge in [0.1, 0.15) is 0 Å². The molecule has 2 heterocycles. The second-order valence-electron chi connectivity index (χ2n) is 14.0. The molecule has 3 heteroatoms. The Morgan fingerprint density at radius 3 is 1.60 bits per heavy atom. The minimum absolute atomic E-state index is 0.442. The predicted molar refractivity (Wildman–Crippen MR) is 224 cm³/mol. The minimum atomic E-state index is -0.442. The molecule has 2 aromatic heterocycles. The summed E-state index contributed by atoms with van der Waals surface area (Å²) in [5.74, 6) is 0.675. The van der Waals surface area contributed by atoms with Crippen molar-refractivity contribution in [1.82, 2.24) is 15.0 Å². The van der Waals surface area contributed by atoms with Gasteiger partial charge in [-0.3, -0.25) is 4.98 Å². The van der Waals surface area contributed by atoms with E-state index in [0.29, 0.717) is 5.82 Å². The van der Waals surface area contributed by atoms with Gasteiger partial charge in [-0.25, -0.2) is 9.97 Å². The van der Waals surface area contributed by atoms with Crippen molar-refractivity contribution in [2.24, 2.45) is 0 Å². The molecule has 7 aromatic carbocycles. The van der Waals surface area contributed by atoms with Gasteiger partial charge in [0.25, 0.3) is 0 Å². The fourth-order valence-electron chi connectivity index (χ4n) is 8.41. The van der Waals surface area contributed by atoms with E-state index >= 15 is 0 Å². The van der Waals surface area contributed by atoms with E-state index in [-0.39, 0.29) is 0 Å². The van der Waals surface area contributed by atoms with Crippen LogP contribution in [0.5, 0.6) is 0 Å². The molecule has 0 saturated carbocycles. The Morgan fingerprint density at radius 2 is 0.891 bits per heavy atom. The number of benzene rings is 7. The molecule has 0 spiro atoms. The summed E-state index contributed by atoms with van der Waals surface area (Å²) in [5, 5.41) is 0. The maximum Gasteiger partial charge on any atom is 0.160 e. The lowest BCUT2D eigenvalue weighted by Gasteiger charge is -2.34. The van der Waals surface area contributed by atoms with Crippen LogP contribution in [0.25, 0.3) is 67.3 Å². The first kappa shape index (κ1) is 32.4. The number of fused-ring (bicyclic) bond motifs is 3. The summed E-state index contributed by atoms with van der Waals surface area (Å²) in [6, 6.07) is 71.4. The third kappa shape index (κ3) is 5.57. The maximum atomic E-state index is 5.18. The maximum absolute atomic E-state index is 5.18. The van der Waals surface area contributed by atoms with Crippen LogP contribution in [0.3, 0.4) is 0 Å². The zero-order valence-electron chi connectivity index (χ0n) is 30.0. The van der Waals surface area contributed by atoms with E-state index in [2.05, 4.69) is 187 Å². The molecule has 258 valence electrons. The summed E-state index contributed by atoms with van der Waals surface area (Å²) in [4.78, 5) is 14.6. The van der Waals surface area contributed by atoms with Crippen LogP contribution in [-0.2, 0) is 5.41 Å². The lowest BCUT2D eigenvalue weighted by Crippen LogP contribution is -2.28. The molecule has 3 nitrogen and oxygen atoms in total. The molecule has 1 aliphatic rings. The zero-order valence-corrected chi connectivity index (χ0v) is 30.0. The van der Waals surface area contributed by atoms with Gasteiger partial charge < -0.3 is 0 Å². The molecule has 0 aliphatic heterocycles. The summed E-state index contributed by atoms with van der Waals surface area (Å²) in [6.07, 6.45) is 3.65. The molecule has 0 amide bonds. The number of rotatable bonds is 7. The Bertz CT molecular complexity index is 2740. The third-order valence-electron chi connectivity index (χ3n) is 10.9. The van der Waals surface area contributed by atoms with E-state index in [1.165, 1.54) is 38.9 Å². The highest BCUT2D eigenvalue weighted by atomic mass is 14.9. The summed E-state index contributed by atoms with van der Waals surface area (Å²) < 4.78 is 0. The van der Waals surface area contributed by atoms with Crippen LogP contribution >= 0.6 is 0 Å². The lowest BCUT2D eigenvalue weighted by atomic mass is 9.67. The van der Waals surface area contributed by atoms with Crippen molar-refractivity contribution in [3.05, 3.63) is 235 Å². The molecule has 0 bridgehead atoms. The van der Waals surface area contributed by atoms with Crippen LogP contribution in [-0.4, -0.2) is 15.0 Å². The molecule has 0 saturated heterocycles. The Labute approximate surface area is 321 Å². The number of aromatic nitrogens is 3. The van der Waals surface area contributed by atoms with E-state index < -0.39 is 5.41 Å². The lowest BCUT2D eigenvalue weighted by molar-refractivity contribution is 0.768. The van der Waals surface area contributed by atoms with Gasteiger partial charge in [-0.1, -0.05) is 176 Å². The normalized spacial score (nSPS) is 12.5. The Balaban J connectivity index is 1.10. The SMILES string of the molecule is c1ccc(-c2cccc(-c3nc(-c4ccc(-c5cccc6c5-c5ccccc5C6(c5ccccc5)c5ccccc5)cc4)cc(-c4cccnc4)n3)c2)cc1. The summed E-state index contributed by atoms with van der Waals surface area (Å²) in [7, 11) is 0. The van der Waals surface area contributed by atoms with Crippen molar-refractivity contribution in [3.8, 4) is 67.3 Å². The van der Waals surface area contributed by atoms with Crippen molar-refractivity contribution >= 4 is 0 Å². The quantitative estimate of drug-likeness (QED) is 0.166. The van der Waals surface area contributed by atoms with Crippen molar-refractivity contribution in [2.75, 3.05) is 0 Å². The van der Waals surface area contributed by atoms with Crippen LogP contribution in [0, 0.1) is 0 Å². The molecule has 10 rings (SSSR count). The van der Waals surface area contributed by atoms with Gasteiger partial charge in [0.15, 0.2) is 5.82 Å². The summed E-state index contributed by atoms with van der Waals surface area (Å²) in [5.41, 5.74) is 16.5. The third-order valence-corrected chi connectivity index (χ3v) is 10.9. The van der Waals surface area contributed by atoms with Crippen molar-refractivity contribution < 1.29 is 0 Å². The minimum Gasteiger partial charge on any atom is -0.264 e. The van der Waals surface area contributed by atoms with E-state index in [0.717, 1.165) is 44.8 Å². The Morgan fingerprint density at radius 1 is 0.345 bits per heavy atom. The number of hydrogen-bond acceptors (Lipinski definition) is 3. The standard InChI is InChI=1S/C52H35N3/c1-4-15-36(16-5-1)39-17-12-18-40(33-39)51-54-48(34-49(55-51)41-19-14-32-53-35-41)38-30-28-37(29-31-38)44-25-13-27-47-50(44)45-24-10-11-26-46(45)52(47,42-20-6-2-7-21-42)43-22-8-3-9-23-43/h1-35H. The molecular weight excluding hydrogens is 667 g/mol. The van der Waals surface area contributed by atoms with Gasteiger partial charge in [-0.15, -0.1) is 0 Å². The largest absolute Gasteiger partial charge is 0.264 e. The Kier molecular flexibility index (Phi) is 8.04. The first-order valence-electron chi connectivity index (χ1n) is 18.7. The van der Waals surface area contributed by atoms with Crippen molar-refractivity contribution in [1.29, 1.82) is 0 Å². The van der Waals surface area contributed by atoms with E-state index in [9.17, 15) is 0 Å². The van der Waals surface area contributed by atoms with Crippen LogP contribution in [0.15, 0.2) is 213 Å². The second kappa shape index (κ2) is 13.6. The number of pyridine rings is 1. The Hall–Kier alpha value is -7.23. The smallest absolute Gasteiger partial charge is 0.160 e. The first-order chi connectivity index (χ1) is 27.3. The van der Waals surface area contributed by atoms with Crippen LogP contribution in [0.4, 0.5) is 0 Å². The molecule has 0 unspecified atom stereocenters. The molecule has 55 heavy (non-hydrogen) atoms. The monoisotopic (exact) mass is 701 g/mol. The average Bonchev–Trinajstić information content (AvgIpc) is 3.59. The van der Waals surface area contributed by atoms with Crippen LogP contribution in [0.1, 0.15) is 22.3 Å². The molecule has 0 radical (unpaired) electrons. The van der Waals surface area contributed by atoms with Gasteiger partial charge >= 0.3 is 0 Å². The molecule has 0 atom stereocenters. The summed E-state index contributed by atoms with van der Waals surface area (Å²) >= 11 is 0. The number of nitrogens with zero attached hydrogens (tertiary/aromatic N) is 3.